The molecule has 0 aliphatic heterocycles. The second-order valence-electron chi connectivity index (χ2n) is 3.12. The monoisotopic (exact) mass is 153 g/mol. The predicted molar refractivity (Wildman–Crippen MR) is 33.3 cm³/mol. The summed E-state index contributed by atoms with van der Waals surface area (Å²) in [6, 6.07) is 0.343. The molecule has 0 spiro atoms. The van der Waals surface area contributed by atoms with Crippen molar-refractivity contribution in [3.8, 4) is 0 Å². The van der Waals surface area contributed by atoms with Crippen molar-refractivity contribution in [2.24, 2.45) is 0 Å². The zero-order valence-corrected chi connectivity index (χ0v) is 7.07. The average Bonchev–Trinajstić information content (AvgIpc) is 1.21. The molecule has 0 fully saturated rings. The van der Waals surface area contributed by atoms with Gasteiger partial charge in [-0.05, 0) is 20.8 Å². The van der Waals surface area contributed by atoms with E-state index >= 15 is 0 Å². The normalized spacial score (nSPS) is 14.3. The zero-order chi connectivity index (χ0) is 6.78. The first-order chi connectivity index (χ1) is 3.42. The Kier molecular flexibility index (Phi) is 5.43. The molecule has 58 valence electrons. The van der Waals surface area contributed by atoms with Gasteiger partial charge in [0, 0.05) is 6.42 Å². The summed E-state index contributed by atoms with van der Waals surface area (Å²) in [5.41, 5.74) is 3.22. The molecule has 0 bridgehead atoms. The summed E-state index contributed by atoms with van der Waals surface area (Å²) in [6.07, 6.45) is 0.771. The van der Waals surface area contributed by atoms with Crippen molar-refractivity contribution < 1.29 is 23.2 Å². The van der Waals surface area contributed by atoms with E-state index in [-0.39, 0.29) is 12.4 Å². The Morgan fingerprint density at radius 3 is 1.89 bits per heavy atom. The minimum Gasteiger partial charge on any atom is -1.00 e. The molecule has 2 nitrogen and oxygen atoms in total. The van der Waals surface area contributed by atoms with Crippen molar-refractivity contribution in [3.63, 3.8) is 0 Å². The van der Waals surface area contributed by atoms with E-state index in [1.165, 1.54) is 0 Å². The van der Waals surface area contributed by atoms with Gasteiger partial charge in [0.1, 0.15) is 0 Å². The number of hydrogen-bond acceptors (Lipinski definition) is 1. The van der Waals surface area contributed by atoms with Crippen LogP contribution >= 0.6 is 0 Å². The third-order valence-corrected chi connectivity index (χ3v) is 0.848. The molecule has 4 N–H and O–H groups in total. The van der Waals surface area contributed by atoms with Gasteiger partial charge in [-0.1, -0.05) is 0 Å². The molecule has 1 unspecified atom stereocenters. The van der Waals surface area contributed by atoms with E-state index in [2.05, 4.69) is 5.73 Å². The van der Waals surface area contributed by atoms with Crippen LogP contribution in [0.1, 0.15) is 27.2 Å². The summed E-state index contributed by atoms with van der Waals surface area (Å²) in [5.74, 6) is 0. The standard InChI is InChI=1S/C6H15NO.ClH/c1-5(7)4-6(2,3)8;/h5,8H,4,7H2,1-3H3;1H. The van der Waals surface area contributed by atoms with E-state index in [9.17, 15) is 0 Å². The van der Waals surface area contributed by atoms with Gasteiger partial charge in [0.15, 0.2) is 0 Å². The summed E-state index contributed by atoms with van der Waals surface area (Å²) >= 11 is 0. The number of hydrogen-bond donors (Lipinski definition) is 2. The summed E-state index contributed by atoms with van der Waals surface area (Å²) in [4.78, 5) is 0. The minimum absolute atomic E-state index is 0. The van der Waals surface area contributed by atoms with E-state index < -0.39 is 5.60 Å². The van der Waals surface area contributed by atoms with Crippen LogP contribution < -0.4 is 18.1 Å². The molecule has 0 amide bonds. The van der Waals surface area contributed by atoms with Crippen LogP contribution in [0.15, 0.2) is 0 Å². The molecule has 3 heteroatoms. The lowest BCUT2D eigenvalue weighted by atomic mass is 10.0. The molecule has 0 aromatic rings. The maximum atomic E-state index is 9.15. The SMILES string of the molecule is CC([NH3+])CC(C)(C)O.[Cl-]. The van der Waals surface area contributed by atoms with Crippen molar-refractivity contribution >= 4 is 0 Å². The predicted octanol–water partition coefficient (Wildman–Crippen LogP) is -3.22. The van der Waals surface area contributed by atoms with Crippen LogP contribution in [0.2, 0.25) is 0 Å². The second kappa shape index (κ2) is 4.09. The molecule has 0 aromatic carbocycles. The lowest BCUT2D eigenvalue weighted by molar-refractivity contribution is -0.420. The maximum Gasteiger partial charge on any atom is 0.0842 e. The van der Waals surface area contributed by atoms with Gasteiger partial charge in [0.2, 0.25) is 0 Å². The topological polar surface area (TPSA) is 47.9 Å². The first-order valence-electron chi connectivity index (χ1n) is 2.97. The fraction of sp³-hybridized carbons (Fsp3) is 1.00. The lowest BCUT2D eigenvalue weighted by Crippen LogP contribution is -3.00. The van der Waals surface area contributed by atoms with Crippen LogP contribution in [0, 0.1) is 0 Å². The number of halogens is 1. The van der Waals surface area contributed by atoms with Crippen molar-refractivity contribution in [2.45, 2.75) is 38.8 Å². The first-order valence-corrected chi connectivity index (χ1v) is 2.97. The summed E-state index contributed by atoms with van der Waals surface area (Å²) in [5, 5.41) is 9.15. The Morgan fingerprint density at radius 1 is 1.56 bits per heavy atom. The Bertz CT molecular complexity index is 67.9. The second-order valence-corrected chi connectivity index (χ2v) is 3.12. The Labute approximate surface area is 62.9 Å². The molecule has 0 saturated heterocycles. The maximum absolute atomic E-state index is 9.15. The van der Waals surface area contributed by atoms with Crippen LogP contribution in [0.5, 0.6) is 0 Å². The molecule has 0 radical (unpaired) electrons. The van der Waals surface area contributed by atoms with Crippen molar-refractivity contribution in [3.05, 3.63) is 0 Å². The minimum atomic E-state index is -0.541. The molecule has 0 aliphatic carbocycles. The molecular weight excluding hydrogens is 138 g/mol. The molecule has 0 heterocycles. The number of rotatable bonds is 2. The Hall–Kier alpha value is 0.210. The van der Waals surface area contributed by atoms with Gasteiger partial charge in [-0.25, -0.2) is 0 Å². The third-order valence-electron chi connectivity index (χ3n) is 0.848. The highest BCUT2D eigenvalue weighted by Gasteiger charge is 2.15. The van der Waals surface area contributed by atoms with Crippen LogP contribution in [0.4, 0.5) is 0 Å². The molecule has 9 heavy (non-hydrogen) atoms. The van der Waals surface area contributed by atoms with Crippen LogP contribution in [0.25, 0.3) is 0 Å². The molecular formula is C6H16ClNO. The van der Waals surface area contributed by atoms with Crippen LogP contribution in [-0.2, 0) is 0 Å². The highest BCUT2D eigenvalue weighted by Crippen LogP contribution is 2.07. The van der Waals surface area contributed by atoms with Gasteiger partial charge in [0.05, 0.1) is 11.6 Å². The van der Waals surface area contributed by atoms with E-state index in [1.54, 1.807) is 13.8 Å². The fourth-order valence-electron chi connectivity index (χ4n) is 0.853. The summed E-state index contributed by atoms with van der Waals surface area (Å²) < 4.78 is 0. The van der Waals surface area contributed by atoms with E-state index in [0.29, 0.717) is 6.04 Å². The quantitative estimate of drug-likeness (QED) is 0.431. The zero-order valence-electron chi connectivity index (χ0n) is 6.32. The Balaban J connectivity index is 0. The van der Waals surface area contributed by atoms with Gasteiger partial charge in [0.25, 0.3) is 0 Å². The van der Waals surface area contributed by atoms with Crippen molar-refractivity contribution in [2.75, 3.05) is 0 Å². The average molecular weight is 154 g/mol. The van der Waals surface area contributed by atoms with Crippen LogP contribution in [-0.4, -0.2) is 16.7 Å². The smallest absolute Gasteiger partial charge is 0.0842 e. The van der Waals surface area contributed by atoms with E-state index in [0.717, 1.165) is 6.42 Å². The Morgan fingerprint density at radius 2 is 1.89 bits per heavy atom. The largest absolute Gasteiger partial charge is 1.00 e. The summed E-state index contributed by atoms with van der Waals surface area (Å²) in [6.45, 7) is 5.60. The van der Waals surface area contributed by atoms with Crippen molar-refractivity contribution in [1.29, 1.82) is 0 Å². The van der Waals surface area contributed by atoms with Gasteiger partial charge >= 0.3 is 0 Å². The third kappa shape index (κ3) is 11.7. The van der Waals surface area contributed by atoms with Gasteiger partial charge in [-0.15, -0.1) is 0 Å². The highest BCUT2D eigenvalue weighted by molar-refractivity contribution is 4.66. The van der Waals surface area contributed by atoms with Crippen LogP contribution in [0.3, 0.4) is 0 Å². The van der Waals surface area contributed by atoms with E-state index in [4.69, 9.17) is 5.11 Å². The molecule has 0 aromatic heterocycles. The van der Waals surface area contributed by atoms with E-state index in [1.807, 2.05) is 6.92 Å². The highest BCUT2D eigenvalue weighted by atomic mass is 35.5. The first kappa shape index (κ1) is 11.9. The summed E-state index contributed by atoms with van der Waals surface area (Å²) in [7, 11) is 0. The number of quaternary nitrogens is 1. The number of aliphatic hydroxyl groups is 1. The van der Waals surface area contributed by atoms with Gasteiger partial charge in [-0.3, -0.25) is 0 Å². The molecule has 0 rings (SSSR count). The van der Waals surface area contributed by atoms with Crippen molar-refractivity contribution in [1.82, 2.24) is 0 Å². The molecule has 0 saturated carbocycles. The van der Waals surface area contributed by atoms with Gasteiger partial charge < -0.3 is 23.2 Å². The fourth-order valence-corrected chi connectivity index (χ4v) is 0.853. The lowest BCUT2D eigenvalue weighted by Gasteiger charge is -2.16. The molecule has 0 aliphatic rings. The van der Waals surface area contributed by atoms with Gasteiger partial charge in [-0.2, -0.15) is 0 Å². The molecule has 1 atom stereocenters.